The number of halogens is 5. The maximum atomic E-state index is 14.4. The molecule has 13 heteroatoms. The van der Waals surface area contributed by atoms with Crippen LogP contribution in [0.15, 0.2) is 53.8 Å². The summed E-state index contributed by atoms with van der Waals surface area (Å²) in [6, 6.07) is 5.59. The molecule has 1 atom stereocenters. The Morgan fingerprint density at radius 2 is 1.83 bits per heavy atom. The third-order valence-corrected chi connectivity index (χ3v) is 6.95. The fourth-order valence-electron chi connectivity index (χ4n) is 3.61. The molecule has 0 aliphatic rings. The Kier molecular flexibility index (Phi) is 6.27. The molecular weight excluding hydrogens is 505 g/mol. The normalized spacial score (nSPS) is 13.1. The number of hydrogen-bond acceptors (Lipinski definition) is 5. The number of benzene rings is 1. The highest BCUT2D eigenvalue weighted by molar-refractivity contribution is 7.89. The average molecular weight is 521 g/mol. The van der Waals surface area contributed by atoms with E-state index in [2.05, 4.69) is 9.97 Å². The van der Waals surface area contributed by atoms with E-state index >= 15 is 0 Å². The molecule has 7 nitrogen and oxygen atoms in total. The Morgan fingerprint density at radius 1 is 1.11 bits per heavy atom. The van der Waals surface area contributed by atoms with Crippen molar-refractivity contribution in [3.05, 3.63) is 71.7 Å². The lowest BCUT2D eigenvalue weighted by Crippen LogP contribution is -2.42. The van der Waals surface area contributed by atoms with Crippen LogP contribution in [-0.4, -0.2) is 35.2 Å². The Labute approximate surface area is 201 Å². The molecule has 1 N–H and O–H groups in total. The monoisotopic (exact) mass is 521 g/mol. The summed E-state index contributed by atoms with van der Waals surface area (Å²) in [5, 5.41) is 10.1. The number of nitriles is 1. The van der Waals surface area contributed by atoms with E-state index in [1.165, 1.54) is 34.5 Å². The molecule has 3 aromatic heterocycles. The molecule has 0 amide bonds. The lowest BCUT2D eigenvalue weighted by atomic mass is 10.1. The molecule has 36 heavy (non-hydrogen) atoms. The molecule has 4 aromatic rings. The fourth-order valence-corrected chi connectivity index (χ4v) is 4.78. The van der Waals surface area contributed by atoms with Crippen molar-refractivity contribution < 1.29 is 30.4 Å². The van der Waals surface area contributed by atoms with Gasteiger partial charge in [0, 0.05) is 17.6 Å². The zero-order valence-electron chi connectivity index (χ0n) is 18.6. The van der Waals surface area contributed by atoms with Crippen molar-refractivity contribution in [2.45, 2.75) is 31.0 Å². The minimum absolute atomic E-state index is 0.0277. The summed E-state index contributed by atoms with van der Waals surface area (Å²) in [4.78, 5) is 7.34. The van der Waals surface area contributed by atoms with Crippen LogP contribution in [0.5, 0.6) is 0 Å². The average Bonchev–Trinajstić information content (AvgIpc) is 3.11. The SMILES string of the molecule is Cc1cc2c(cc1F)c(C#N)c(-c1ccc(S(=O)(=O)N[C@@H](C)C(F)(F)F)cn1)n2-c1cncc(F)c1. The number of fused-ring (bicyclic) bond motifs is 1. The van der Waals surface area contributed by atoms with Crippen LogP contribution in [0.1, 0.15) is 18.1 Å². The molecule has 0 fully saturated rings. The maximum Gasteiger partial charge on any atom is 0.404 e. The van der Waals surface area contributed by atoms with Crippen LogP contribution < -0.4 is 4.72 Å². The standard InChI is InChI=1S/C23H16F5N5O2S/c1-12-5-21-17(7-19(12)25)18(8-29)22(33(21)15-6-14(24)9-30-10-15)20-4-3-16(11-31-20)36(34,35)32-13(2)23(26,27)28/h3-7,9-11,13,32H,1-2H3/t13-/m0/s1. The molecule has 3 heterocycles. The number of aromatic nitrogens is 3. The number of pyridine rings is 2. The predicted molar refractivity (Wildman–Crippen MR) is 120 cm³/mol. The van der Waals surface area contributed by atoms with Crippen LogP contribution in [0.25, 0.3) is 28.0 Å². The minimum atomic E-state index is -4.80. The smallest absolute Gasteiger partial charge is 0.305 e. The molecule has 0 aliphatic heterocycles. The van der Waals surface area contributed by atoms with E-state index in [1.54, 1.807) is 0 Å². The van der Waals surface area contributed by atoms with Gasteiger partial charge in [-0.3, -0.25) is 9.97 Å². The number of nitrogens with one attached hydrogen (secondary N) is 1. The topological polar surface area (TPSA) is 101 Å². The van der Waals surface area contributed by atoms with E-state index in [0.717, 1.165) is 30.6 Å². The van der Waals surface area contributed by atoms with Crippen molar-refractivity contribution in [1.82, 2.24) is 19.3 Å². The molecule has 0 saturated heterocycles. The third-order valence-electron chi connectivity index (χ3n) is 5.42. The van der Waals surface area contributed by atoms with Crippen LogP contribution in [0.2, 0.25) is 0 Å². The molecule has 0 aliphatic carbocycles. The van der Waals surface area contributed by atoms with Gasteiger partial charge in [0.25, 0.3) is 0 Å². The maximum absolute atomic E-state index is 14.4. The van der Waals surface area contributed by atoms with Crippen LogP contribution in [0.4, 0.5) is 22.0 Å². The molecular formula is C23H16F5N5O2S. The number of alkyl halides is 3. The van der Waals surface area contributed by atoms with Crippen LogP contribution in [0, 0.1) is 29.9 Å². The molecule has 186 valence electrons. The van der Waals surface area contributed by atoms with Crippen LogP contribution in [-0.2, 0) is 10.0 Å². The van der Waals surface area contributed by atoms with Gasteiger partial charge in [0.05, 0.1) is 40.5 Å². The Hall–Kier alpha value is -3.89. The molecule has 1 aromatic carbocycles. The number of rotatable bonds is 5. The summed E-state index contributed by atoms with van der Waals surface area (Å²) in [7, 11) is -4.57. The third kappa shape index (κ3) is 4.52. The highest BCUT2D eigenvalue weighted by atomic mass is 32.2. The van der Waals surface area contributed by atoms with Gasteiger partial charge in [0.1, 0.15) is 28.6 Å². The second-order valence-electron chi connectivity index (χ2n) is 7.91. The van der Waals surface area contributed by atoms with E-state index in [-0.39, 0.29) is 33.6 Å². The van der Waals surface area contributed by atoms with Gasteiger partial charge in [0.15, 0.2) is 0 Å². The Morgan fingerprint density at radius 3 is 2.42 bits per heavy atom. The number of sulfonamides is 1. The first kappa shape index (κ1) is 25.2. The van der Waals surface area contributed by atoms with Crippen molar-refractivity contribution in [3.63, 3.8) is 0 Å². The summed E-state index contributed by atoms with van der Waals surface area (Å²) in [5.74, 6) is -1.27. The van der Waals surface area contributed by atoms with E-state index in [1.807, 2.05) is 6.07 Å². The van der Waals surface area contributed by atoms with Gasteiger partial charge >= 0.3 is 6.18 Å². The number of hydrogen-bond donors (Lipinski definition) is 1. The zero-order chi connectivity index (χ0) is 26.4. The first-order valence-corrected chi connectivity index (χ1v) is 11.7. The highest BCUT2D eigenvalue weighted by Gasteiger charge is 2.39. The largest absolute Gasteiger partial charge is 0.404 e. The van der Waals surface area contributed by atoms with Gasteiger partial charge in [-0.05, 0) is 43.7 Å². The Bertz CT molecular complexity index is 1620. The van der Waals surface area contributed by atoms with Gasteiger partial charge in [-0.15, -0.1) is 0 Å². The minimum Gasteiger partial charge on any atom is -0.305 e. The van der Waals surface area contributed by atoms with Crippen LogP contribution >= 0.6 is 0 Å². The van der Waals surface area contributed by atoms with Crippen molar-refractivity contribution in [2.24, 2.45) is 0 Å². The van der Waals surface area contributed by atoms with Crippen molar-refractivity contribution in [3.8, 4) is 23.1 Å². The van der Waals surface area contributed by atoms with Gasteiger partial charge in [-0.2, -0.15) is 23.2 Å². The van der Waals surface area contributed by atoms with E-state index in [9.17, 15) is 35.6 Å². The second-order valence-corrected chi connectivity index (χ2v) is 9.63. The van der Waals surface area contributed by atoms with Gasteiger partial charge < -0.3 is 4.57 Å². The molecule has 4 rings (SSSR count). The highest BCUT2D eigenvalue weighted by Crippen LogP contribution is 2.36. The lowest BCUT2D eigenvalue weighted by molar-refractivity contribution is -0.147. The lowest BCUT2D eigenvalue weighted by Gasteiger charge is -2.17. The van der Waals surface area contributed by atoms with E-state index in [0.29, 0.717) is 12.4 Å². The van der Waals surface area contributed by atoms with Gasteiger partial charge in [-0.25, -0.2) is 17.2 Å². The number of nitrogens with zero attached hydrogens (tertiary/aromatic N) is 4. The van der Waals surface area contributed by atoms with Gasteiger partial charge in [0.2, 0.25) is 10.0 Å². The molecule has 0 spiro atoms. The first-order chi connectivity index (χ1) is 16.8. The summed E-state index contributed by atoms with van der Waals surface area (Å²) in [6.07, 6.45) is -1.68. The fraction of sp³-hybridized carbons (Fsp3) is 0.174. The van der Waals surface area contributed by atoms with Crippen molar-refractivity contribution in [1.29, 1.82) is 5.26 Å². The van der Waals surface area contributed by atoms with Crippen molar-refractivity contribution >= 4 is 20.9 Å². The molecule has 0 unspecified atom stereocenters. The van der Waals surface area contributed by atoms with E-state index < -0.39 is 38.8 Å². The summed E-state index contributed by atoms with van der Waals surface area (Å²) >= 11 is 0. The molecule has 0 radical (unpaired) electrons. The first-order valence-electron chi connectivity index (χ1n) is 10.2. The zero-order valence-corrected chi connectivity index (χ0v) is 19.4. The Balaban J connectivity index is 1.92. The van der Waals surface area contributed by atoms with Crippen molar-refractivity contribution in [2.75, 3.05) is 0 Å². The number of aryl methyl sites for hydroxylation is 1. The summed E-state index contributed by atoms with van der Waals surface area (Å²) < 4.78 is 94.6. The van der Waals surface area contributed by atoms with Crippen LogP contribution in [0.3, 0.4) is 0 Å². The predicted octanol–water partition coefficient (Wildman–Crippen LogP) is 4.77. The quantitative estimate of drug-likeness (QED) is 0.381. The molecule has 0 saturated carbocycles. The molecule has 0 bridgehead atoms. The second kappa shape index (κ2) is 8.96. The summed E-state index contributed by atoms with van der Waals surface area (Å²) in [6.45, 7) is 2.17. The van der Waals surface area contributed by atoms with Gasteiger partial charge in [-0.1, -0.05) is 0 Å². The summed E-state index contributed by atoms with van der Waals surface area (Å²) in [5.41, 5.74) is 0.869. The van der Waals surface area contributed by atoms with E-state index in [4.69, 9.17) is 0 Å².